The number of pyridine rings is 1. The maximum absolute atomic E-state index is 8.47. The molecular weight excluding hydrogens is 314 g/mol. The zero-order valence-electron chi connectivity index (χ0n) is 11.9. The number of benzene rings is 1. The van der Waals surface area contributed by atoms with E-state index in [0.717, 1.165) is 11.3 Å². The molecule has 0 aliphatic rings. The third kappa shape index (κ3) is 5.72. The Labute approximate surface area is 139 Å². The molecule has 2 rings (SSSR count). The molecular formula is C16H15N3OS2. The number of ether oxygens (including phenoxy) is 1. The summed E-state index contributed by atoms with van der Waals surface area (Å²) in [5.74, 6) is 2.03. The normalized spacial score (nSPS) is 9.77. The monoisotopic (exact) mass is 329 g/mol. The summed E-state index contributed by atoms with van der Waals surface area (Å²) in [5.41, 5.74) is 1.02. The summed E-state index contributed by atoms with van der Waals surface area (Å²) in [4.78, 5) is 4.27. The molecule has 0 fully saturated rings. The largest absolute Gasteiger partial charge is 0.439 e. The van der Waals surface area contributed by atoms with Crippen LogP contribution >= 0.6 is 24.0 Å². The first-order chi connectivity index (χ1) is 10.8. The van der Waals surface area contributed by atoms with Gasteiger partial charge in [-0.2, -0.15) is 5.26 Å². The lowest BCUT2D eigenvalue weighted by atomic mass is 10.3. The van der Waals surface area contributed by atoms with Crippen molar-refractivity contribution in [3.63, 3.8) is 0 Å². The van der Waals surface area contributed by atoms with E-state index < -0.39 is 0 Å². The van der Waals surface area contributed by atoms with E-state index in [-0.39, 0.29) is 0 Å². The Balaban J connectivity index is 1.79. The molecule has 1 heterocycles. The van der Waals surface area contributed by atoms with Crippen molar-refractivity contribution in [2.75, 3.05) is 5.75 Å². The molecule has 0 aliphatic heterocycles. The third-order valence-electron chi connectivity index (χ3n) is 2.65. The van der Waals surface area contributed by atoms with Gasteiger partial charge in [0.2, 0.25) is 5.88 Å². The molecule has 0 unspecified atom stereocenters. The highest BCUT2D eigenvalue weighted by molar-refractivity contribution is 8.22. The van der Waals surface area contributed by atoms with Gasteiger partial charge in [-0.3, -0.25) is 0 Å². The van der Waals surface area contributed by atoms with Crippen LogP contribution in [0.15, 0.2) is 48.7 Å². The standard InChI is InChI=1S/C16H15N3OS2/c17-9-4-10-22-16(21)19-12-13-7-8-15(18-11-13)20-14-5-2-1-3-6-14/h1-3,5-8,11H,4,10,12H2,(H,19,21). The van der Waals surface area contributed by atoms with E-state index in [0.29, 0.717) is 28.9 Å². The van der Waals surface area contributed by atoms with Gasteiger partial charge < -0.3 is 10.1 Å². The molecule has 1 aromatic carbocycles. The smallest absolute Gasteiger partial charge is 0.219 e. The van der Waals surface area contributed by atoms with Gasteiger partial charge >= 0.3 is 0 Å². The molecule has 0 aliphatic carbocycles. The Kier molecular flexibility index (Phi) is 6.68. The Morgan fingerprint density at radius 2 is 2.09 bits per heavy atom. The van der Waals surface area contributed by atoms with Crippen molar-refractivity contribution in [1.82, 2.24) is 10.3 Å². The minimum Gasteiger partial charge on any atom is -0.439 e. The molecule has 0 amide bonds. The molecule has 2 aromatic rings. The van der Waals surface area contributed by atoms with Gasteiger partial charge in [-0.25, -0.2) is 4.98 Å². The summed E-state index contributed by atoms with van der Waals surface area (Å²) in [5, 5.41) is 11.6. The highest BCUT2D eigenvalue weighted by atomic mass is 32.2. The van der Waals surface area contributed by atoms with Gasteiger partial charge in [0.15, 0.2) is 0 Å². The van der Waals surface area contributed by atoms with Crippen molar-refractivity contribution in [1.29, 1.82) is 5.26 Å². The second-order valence-corrected chi connectivity index (χ2v) is 6.09. The molecule has 0 saturated carbocycles. The SMILES string of the molecule is N#CCCSC(=S)NCc1ccc(Oc2ccccc2)nc1. The van der Waals surface area contributed by atoms with Crippen LogP contribution in [0, 0.1) is 11.3 Å². The topological polar surface area (TPSA) is 57.9 Å². The number of hydrogen-bond donors (Lipinski definition) is 1. The Hall–Kier alpha value is -2.10. The zero-order valence-corrected chi connectivity index (χ0v) is 13.5. The number of nitrogens with one attached hydrogen (secondary N) is 1. The van der Waals surface area contributed by atoms with Crippen molar-refractivity contribution < 1.29 is 4.74 Å². The lowest BCUT2D eigenvalue weighted by Crippen LogP contribution is -2.18. The van der Waals surface area contributed by atoms with Gasteiger partial charge in [-0.1, -0.05) is 48.2 Å². The third-order valence-corrected chi connectivity index (χ3v) is 3.96. The number of thiocarbonyl (C=S) groups is 1. The first-order valence-electron chi connectivity index (χ1n) is 6.73. The maximum atomic E-state index is 8.47. The summed E-state index contributed by atoms with van der Waals surface area (Å²) < 4.78 is 6.33. The molecule has 0 atom stereocenters. The number of para-hydroxylation sites is 1. The molecule has 112 valence electrons. The van der Waals surface area contributed by atoms with E-state index in [4.69, 9.17) is 22.2 Å². The van der Waals surface area contributed by atoms with Crippen molar-refractivity contribution in [2.45, 2.75) is 13.0 Å². The molecule has 0 bridgehead atoms. The Bertz CT molecular complexity index is 639. The van der Waals surface area contributed by atoms with Crippen LogP contribution in [0.2, 0.25) is 0 Å². The number of rotatable bonds is 6. The quantitative estimate of drug-likeness (QED) is 0.641. The maximum Gasteiger partial charge on any atom is 0.219 e. The highest BCUT2D eigenvalue weighted by Gasteiger charge is 2.01. The van der Waals surface area contributed by atoms with E-state index in [1.165, 1.54) is 11.8 Å². The highest BCUT2D eigenvalue weighted by Crippen LogP contribution is 2.18. The molecule has 22 heavy (non-hydrogen) atoms. The fourth-order valence-corrected chi connectivity index (χ4v) is 2.47. The van der Waals surface area contributed by atoms with Crippen LogP contribution in [-0.2, 0) is 6.54 Å². The van der Waals surface area contributed by atoms with E-state index in [1.54, 1.807) is 6.20 Å². The number of nitriles is 1. The van der Waals surface area contributed by atoms with Gasteiger partial charge in [0.05, 0.1) is 6.07 Å². The second-order valence-electron chi connectivity index (χ2n) is 4.32. The van der Waals surface area contributed by atoms with Crippen LogP contribution in [0.5, 0.6) is 11.6 Å². The summed E-state index contributed by atoms with van der Waals surface area (Å²) in [7, 11) is 0. The zero-order chi connectivity index (χ0) is 15.6. The lowest BCUT2D eigenvalue weighted by Gasteiger charge is -2.08. The first kappa shape index (κ1) is 16.3. The number of nitrogens with zero attached hydrogens (tertiary/aromatic N) is 2. The number of hydrogen-bond acceptors (Lipinski definition) is 5. The van der Waals surface area contributed by atoms with Crippen LogP contribution in [0.25, 0.3) is 0 Å². The Morgan fingerprint density at radius 1 is 1.27 bits per heavy atom. The molecule has 0 spiro atoms. The minimum atomic E-state index is 0.500. The van der Waals surface area contributed by atoms with Crippen molar-refractivity contribution >= 4 is 28.3 Å². The summed E-state index contributed by atoms with van der Waals surface area (Å²) in [6.45, 7) is 0.608. The van der Waals surface area contributed by atoms with E-state index in [1.807, 2.05) is 42.5 Å². The van der Waals surface area contributed by atoms with Gasteiger partial charge in [0.1, 0.15) is 10.1 Å². The van der Waals surface area contributed by atoms with E-state index in [9.17, 15) is 0 Å². The fraction of sp³-hybridized carbons (Fsp3) is 0.188. The molecule has 1 aromatic heterocycles. The molecule has 0 radical (unpaired) electrons. The van der Waals surface area contributed by atoms with Gasteiger partial charge in [-0.15, -0.1) is 0 Å². The second kappa shape index (κ2) is 9.03. The molecule has 0 saturated heterocycles. The average Bonchev–Trinajstić information content (AvgIpc) is 2.55. The van der Waals surface area contributed by atoms with Gasteiger partial charge in [-0.05, 0) is 17.7 Å². The minimum absolute atomic E-state index is 0.500. The molecule has 6 heteroatoms. The van der Waals surface area contributed by atoms with Gasteiger partial charge in [0, 0.05) is 31.0 Å². The Morgan fingerprint density at radius 3 is 2.77 bits per heavy atom. The summed E-state index contributed by atoms with van der Waals surface area (Å²) in [6.07, 6.45) is 2.26. The van der Waals surface area contributed by atoms with Crippen molar-refractivity contribution in [3.05, 3.63) is 54.2 Å². The average molecular weight is 329 g/mol. The van der Waals surface area contributed by atoms with Crippen molar-refractivity contribution in [2.24, 2.45) is 0 Å². The molecule has 1 N–H and O–H groups in total. The van der Waals surface area contributed by atoms with Crippen LogP contribution in [0.4, 0.5) is 0 Å². The van der Waals surface area contributed by atoms with Gasteiger partial charge in [0.25, 0.3) is 0 Å². The fourth-order valence-electron chi connectivity index (χ4n) is 1.60. The summed E-state index contributed by atoms with van der Waals surface area (Å²) >= 11 is 6.65. The summed E-state index contributed by atoms with van der Waals surface area (Å²) in [6, 6.07) is 15.4. The van der Waals surface area contributed by atoms with E-state index in [2.05, 4.69) is 16.4 Å². The number of thioether (sulfide) groups is 1. The molecule has 4 nitrogen and oxygen atoms in total. The predicted molar refractivity (Wildman–Crippen MR) is 92.9 cm³/mol. The van der Waals surface area contributed by atoms with Crippen LogP contribution in [0.1, 0.15) is 12.0 Å². The van der Waals surface area contributed by atoms with Crippen LogP contribution < -0.4 is 10.1 Å². The number of aromatic nitrogens is 1. The van der Waals surface area contributed by atoms with Crippen molar-refractivity contribution in [3.8, 4) is 17.7 Å². The first-order valence-corrected chi connectivity index (χ1v) is 8.13. The van der Waals surface area contributed by atoms with Crippen LogP contribution in [-0.4, -0.2) is 15.1 Å². The predicted octanol–water partition coefficient (Wildman–Crippen LogP) is 3.90. The van der Waals surface area contributed by atoms with Crippen LogP contribution in [0.3, 0.4) is 0 Å². The van der Waals surface area contributed by atoms with E-state index >= 15 is 0 Å². The lowest BCUT2D eigenvalue weighted by molar-refractivity contribution is 0.462.